The maximum Gasteiger partial charge on any atom is 0.214 e. The van der Waals surface area contributed by atoms with Crippen LogP contribution in [-0.2, 0) is 14.8 Å². The van der Waals surface area contributed by atoms with Crippen LogP contribution >= 0.6 is 0 Å². The van der Waals surface area contributed by atoms with Crippen molar-refractivity contribution >= 4 is 10.0 Å². The fourth-order valence-corrected chi connectivity index (χ4v) is 4.60. The van der Waals surface area contributed by atoms with Crippen LogP contribution in [-0.4, -0.2) is 44.3 Å². The van der Waals surface area contributed by atoms with Gasteiger partial charge in [-0.15, -0.1) is 0 Å². The molecule has 2 heterocycles. The highest BCUT2D eigenvalue weighted by molar-refractivity contribution is 7.89. The van der Waals surface area contributed by atoms with Gasteiger partial charge in [0.05, 0.1) is 11.9 Å². The molecule has 4 nitrogen and oxygen atoms in total. The van der Waals surface area contributed by atoms with Crippen molar-refractivity contribution < 1.29 is 13.2 Å². The van der Waals surface area contributed by atoms with Crippen LogP contribution in [0.2, 0.25) is 0 Å². The van der Waals surface area contributed by atoms with E-state index in [-0.39, 0.29) is 0 Å². The number of rotatable bonds is 5. The first-order valence-electron chi connectivity index (χ1n) is 7.23. The molecule has 2 saturated heterocycles. The first kappa shape index (κ1) is 14.3. The van der Waals surface area contributed by atoms with Gasteiger partial charge in [-0.25, -0.2) is 12.7 Å². The SMILES string of the molecule is CCCCCS(=O)(=O)N1CC[C@@H]2OCCC[C@H]2C1. The summed E-state index contributed by atoms with van der Waals surface area (Å²) in [5.41, 5.74) is 0. The molecule has 0 N–H and O–H groups in total. The summed E-state index contributed by atoms with van der Waals surface area (Å²) in [6.45, 7) is 4.27. The normalized spacial score (nSPS) is 30.1. The van der Waals surface area contributed by atoms with E-state index in [1.165, 1.54) is 0 Å². The molecule has 0 amide bonds. The molecule has 0 saturated carbocycles. The summed E-state index contributed by atoms with van der Waals surface area (Å²) in [5, 5.41) is 0. The fraction of sp³-hybridized carbons (Fsp3) is 1.00. The molecule has 2 rings (SSSR count). The highest BCUT2D eigenvalue weighted by Gasteiger charge is 2.36. The molecule has 0 aromatic carbocycles. The zero-order chi connectivity index (χ0) is 13.0. The highest BCUT2D eigenvalue weighted by atomic mass is 32.2. The number of hydrogen-bond acceptors (Lipinski definition) is 3. The molecule has 0 radical (unpaired) electrons. The minimum atomic E-state index is -3.03. The summed E-state index contributed by atoms with van der Waals surface area (Å²) in [4.78, 5) is 0. The van der Waals surface area contributed by atoms with E-state index in [0.717, 1.165) is 45.1 Å². The first-order valence-corrected chi connectivity index (χ1v) is 8.84. The van der Waals surface area contributed by atoms with Crippen molar-refractivity contribution in [1.29, 1.82) is 0 Å². The topological polar surface area (TPSA) is 46.6 Å². The summed E-state index contributed by atoms with van der Waals surface area (Å²) >= 11 is 0. The number of ether oxygens (including phenoxy) is 1. The van der Waals surface area contributed by atoms with Crippen molar-refractivity contribution in [2.45, 2.75) is 51.6 Å². The monoisotopic (exact) mass is 275 g/mol. The Hall–Kier alpha value is -0.130. The summed E-state index contributed by atoms with van der Waals surface area (Å²) in [6, 6.07) is 0. The first-order chi connectivity index (χ1) is 8.63. The number of unbranched alkanes of at least 4 members (excludes halogenated alkanes) is 2. The number of hydrogen-bond donors (Lipinski definition) is 0. The molecular formula is C13H25NO3S. The lowest BCUT2D eigenvalue weighted by molar-refractivity contribution is -0.0534. The predicted octanol–water partition coefficient (Wildman–Crippen LogP) is 2.01. The van der Waals surface area contributed by atoms with Gasteiger partial charge < -0.3 is 4.74 Å². The molecule has 2 fully saturated rings. The van der Waals surface area contributed by atoms with Crippen molar-refractivity contribution in [3.05, 3.63) is 0 Å². The third kappa shape index (κ3) is 3.45. The Morgan fingerprint density at radius 2 is 2.11 bits per heavy atom. The molecule has 0 aliphatic carbocycles. The maximum absolute atomic E-state index is 12.2. The van der Waals surface area contributed by atoms with Crippen LogP contribution in [0.25, 0.3) is 0 Å². The average molecular weight is 275 g/mol. The average Bonchev–Trinajstić information content (AvgIpc) is 2.38. The van der Waals surface area contributed by atoms with E-state index in [1.54, 1.807) is 4.31 Å². The summed E-state index contributed by atoms with van der Waals surface area (Å²) in [6.07, 6.45) is 6.23. The smallest absolute Gasteiger partial charge is 0.214 e. The fourth-order valence-electron chi connectivity index (χ4n) is 2.97. The molecule has 0 spiro atoms. The van der Waals surface area contributed by atoms with Gasteiger partial charge >= 0.3 is 0 Å². The second-order valence-electron chi connectivity index (χ2n) is 5.48. The quantitative estimate of drug-likeness (QED) is 0.721. The second kappa shape index (κ2) is 6.35. The van der Waals surface area contributed by atoms with E-state index < -0.39 is 10.0 Å². The highest BCUT2D eigenvalue weighted by Crippen LogP contribution is 2.29. The predicted molar refractivity (Wildman–Crippen MR) is 72.0 cm³/mol. The van der Waals surface area contributed by atoms with Crippen LogP contribution in [0.5, 0.6) is 0 Å². The van der Waals surface area contributed by atoms with E-state index in [0.29, 0.717) is 30.9 Å². The van der Waals surface area contributed by atoms with Crippen molar-refractivity contribution in [2.75, 3.05) is 25.4 Å². The van der Waals surface area contributed by atoms with Crippen LogP contribution in [0.1, 0.15) is 45.4 Å². The van der Waals surface area contributed by atoms with Crippen molar-refractivity contribution in [3.8, 4) is 0 Å². The molecule has 0 aromatic heterocycles. The summed E-state index contributed by atoms with van der Waals surface area (Å²) < 4.78 is 31.9. The summed E-state index contributed by atoms with van der Waals surface area (Å²) in [7, 11) is -3.03. The Bertz CT molecular complexity index is 355. The molecule has 2 aliphatic heterocycles. The Morgan fingerprint density at radius 3 is 2.89 bits per heavy atom. The molecule has 2 aliphatic rings. The molecule has 18 heavy (non-hydrogen) atoms. The van der Waals surface area contributed by atoms with Crippen molar-refractivity contribution in [2.24, 2.45) is 5.92 Å². The van der Waals surface area contributed by atoms with Gasteiger partial charge in [-0.2, -0.15) is 0 Å². The Morgan fingerprint density at radius 1 is 1.28 bits per heavy atom. The minimum Gasteiger partial charge on any atom is -0.378 e. The zero-order valence-electron chi connectivity index (χ0n) is 11.3. The number of piperidine rings is 1. The number of nitrogens with zero attached hydrogens (tertiary/aromatic N) is 1. The van der Waals surface area contributed by atoms with Crippen LogP contribution in [0.4, 0.5) is 0 Å². The Kier molecular flexibility index (Phi) is 5.04. The second-order valence-corrected chi connectivity index (χ2v) is 7.57. The Labute approximate surface area is 111 Å². The molecule has 0 bridgehead atoms. The van der Waals surface area contributed by atoms with Crippen LogP contribution in [0.3, 0.4) is 0 Å². The molecule has 0 aromatic rings. The molecule has 106 valence electrons. The van der Waals surface area contributed by atoms with Crippen molar-refractivity contribution in [3.63, 3.8) is 0 Å². The maximum atomic E-state index is 12.2. The van der Waals surface area contributed by atoms with E-state index in [2.05, 4.69) is 6.92 Å². The van der Waals surface area contributed by atoms with E-state index in [4.69, 9.17) is 4.74 Å². The van der Waals surface area contributed by atoms with E-state index in [1.807, 2.05) is 0 Å². The van der Waals surface area contributed by atoms with E-state index in [9.17, 15) is 8.42 Å². The molecule has 0 unspecified atom stereocenters. The lowest BCUT2D eigenvalue weighted by atomic mass is 9.90. The van der Waals surface area contributed by atoms with Gasteiger partial charge in [0.2, 0.25) is 10.0 Å². The van der Waals surface area contributed by atoms with E-state index >= 15 is 0 Å². The zero-order valence-corrected chi connectivity index (χ0v) is 12.1. The van der Waals surface area contributed by atoms with Gasteiger partial charge in [0, 0.05) is 19.7 Å². The standard InChI is InChI=1S/C13H25NO3S/c1-2-3-4-10-18(15,16)14-8-7-13-12(11-14)6-5-9-17-13/h12-13H,2-11H2,1H3/t12-,13-/m0/s1. The summed E-state index contributed by atoms with van der Waals surface area (Å²) in [5.74, 6) is 0.743. The number of fused-ring (bicyclic) bond motifs is 1. The minimum absolute atomic E-state index is 0.306. The Balaban J connectivity index is 1.89. The van der Waals surface area contributed by atoms with Gasteiger partial charge in [0.25, 0.3) is 0 Å². The van der Waals surface area contributed by atoms with Gasteiger partial charge in [-0.05, 0) is 31.6 Å². The molecule has 2 atom stereocenters. The third-order valence-corrected chi connectivity index (χ3v) is 6.00. The molecular weight excluding hydrogens is 250 g/mol. The van der Waals surface area contributed by atoms with Gasteiger partial charge in [0.15, 0.2) is 0 Å². The largest absolute Gasteiger partial charge is 0.378 e. The van der Waals surface area contributed by atoms with Crippen LogP contribution in [0.15, 0.2) is 0 Å². The molecule has 5 heteroatoms. The third-order valence-electron chi connectivity index (χ3n) is 4.08. The van der Waals surface area contributed by atoms with Gasteiger partial charge in [-0.1, -0.05) is 19.8 Å². The lowest BCUT2D eigenvalue weighted by Crippen LogP contribution is -2.48. The number of sulfonamides is 1. The lowest BCUT2D eigenvalue weighted by Gasteiger charge is -2.40. The van der Waals surface area contributed by atoms with Gasteiger partial charge in [0.1, 0.15) is 0 Å². The van der Waals surface area contributed by atoms with Gasteiger partial charge in [-0.3, -0.25) is 0 Å². The van der Waals surface area contributed by atoms with Crippen molar-refractivity contribution in [1.82, 2.24) is 4.31 Å². The van der Waals surface area contributed by atoms with Crippen LogP contribution in [0, 0.1) is 5.92 Å². The van der Waals surface area contributed by atoms with Crippen LogP contribution < -0.4 is 0 Å².